The number of nitrogens with zero attached hydrogens (tertiary/aromatic N) is 3. The molecular weight excluding hydrogens is 354 g/mol. The third kappa shape index (κ3) is 3.80. The first kappa shape index (κ1) is 19.0. The highest BCUT2D eigenvalue weighted by atomic mass is 16.7. The van der Waals surface area contributed by atoms with E-state index < -0.39 is 6.04 Å². The van der Waals surface area contributed by atoms with Gasteiger partial charge in [-0.25, -0.2) is 4.98 Å². The van der Waals surface area contributed by atoms with Crippen molar-refractivity contribution in [3.05, 3.63) is 41.6 Å². The lowest BCUT2D eigenvalue weighted by molar-refractivity contribution is -0.206. The quantitative estimate of drug-likeness (QED) is 0.809. The van der Waals surface area contributed by atoms with Gasteiger partial charge in [-0.3, -0.25) is 4.79 Å². The highest BCUT2D eigenvalue weighted by Crippen LogP contribution is 2.31. The average Bonchev–Trinajstić information content (AvgIpc) is 2.67. The molecule has 0 spiro atoms. The number of rotatable bonds is 4. The van der Waals surface area contributed by atoms with Crippen LogP contribution in [0.15, 0.2) is 30.3 Å². The zero-order valence-electron chi connectivity index (χ0n) is 16.7. The number of hydroxylamine groups is 2. The summed E-state index contributed by atoms with van der Waals surface area (Å²) in [6.45, 7) is 6.02. The summed E-state index contributed by atoms with van der Waals surface area (Å²) in [7, 11) is 0. The van der Waals surface area contributed by atoms with Crippen LogP contribution in [-0.4, -0.2) is 45.6 Å². The van der Waals surface area contributed by atoms with E-state index in [1.54, 1.807) is 12.0 Å². The van der Waals surface area contributed by atoms with Crippen LogP contribution in [0.3, 0.4) is 0 Å². The summed E-state index contributed by atoms with van der Waals surface area (Å²) in [5.74, 6) is 1.28. The molecule has 0 saturated carbocycles. The molecule has 1 fully saturated rings. The van der Waals surface area contributed by atoms with Crippen molar-refractivity contribution >= 4 is 5.78 Å². The number of hydrogen-bond donors (Lipinski definition) is 0. The molecular formula is C22H27N3O3. The number of morpholine rings is 1. The normalized spacial score (nSPS) is 25.2. The molecule has 2 heterocycles. The smallest absolute Gasteiger partial charge is 0.245 e. The zero-order chi connectivity index (χ0) is 19.7. The Morgan fingerprint density at radius 1 is 1.14 bits per heavy atom. The van der Waals surface area contributed by atoms with Crippen molar-refractivity contribution in [2.45, 2.75) is 64.7 Å². The van der Waals surface area contributed by atoms with Crippen molar-refractivity contribution in [1.82, 2.24) is 15.0 Å². The zero-order valence-corrected chi connectivity index (χ0v) is 16.7. The van der Waals surface area contributed by atoms with Crippen LogP contribution >= 0.6 is 0 Å². The van der Waals surface area contributed by atoms with Gasteiger partial charge in [0.1, 0.15) is 6.04 Å². The lowest BCUT2D eigenvalue weighted by atomic mass is 9.96. The number of carbonyl (C=O) groups excluding carboxylic acids is 1. The molecule has 3 unspecified atom stereocenters. The van der Waals surface area contributed by atoms with E-state index in [1.165, 1.54) is 0 Å². The first-order valence-corrected chi connectivity index (χ1v) is 10.1. The predicted octanol–water partition coefficient (Wildman–Crippen LogP) is 3.38. The Hall–Kier alpha value is -2.31. The third-order valence-corrected chi connectivity index (χ3v) is 5.44. The molecule has 1 saturated heterocycles. The molecule has 1 aromatic carbocycles. The molecule has 148 valence electrons. The molecule has 1 aliphatic heterocycles. The van der Waals surface area contributed by atoms with Crippen molar-refractivity contribution in [2.75, 3.05) is 6.54 Å². The second-order valence-electron chi connectivity index (χ2n) is 7.75. The first-order chi connectivity index (χ1) is 13.5. The van der Waals surface area contributed by atoms with Gasteiger partial charge < -0.3 is 9.57 Å². The fraction of sp³-hybridized carbons (Fsp3) is 0.500. The topological polar surface area (TPSA) is 64.5 Å². The predicted molar refractivity (Wildman–Crippen MR) is 106 cm³/mol. The Balaban J connectivity index is 1.72. The van der Waals surface area contributed by atoms with Gasteiger partial charge >= 0.3 is 0 Å². The molecule has 6 heteroatoms. The van der Waals surface area contributed by atoms with Crippen molar-refractivity contribution in [2.24, 2.45) is 0 Å². The number of benzene rings is 1. The van der Waals surface area contributed by atoms with Gasteiger partial charge in [-0.2, -0.15) is 4.98 Å². The Bertz CT molecular complexity index is 856. The number of Topliss-reactive ketones (excluding diaryl/α,β-unsaturated/α-hetero) is 1. The largest absolute Gasteiger partial charge is 0.384 e. The minimum Gasteiger partial charge on any atom is -0.384 e. The van der Waals surface area contributed by atoms with Gasteiger partial charge in [-0.15, -0.1) is 5.06 Å². The Labute approximate surface area is 165 Å². The van der Waals surface area contributed by atoms with Gasteiger partial charge in [-0.1, -0.05) is 30.3 Å². The minimum atomic E-state index is -0.439. The van der Waals surface area contributed by atoms with E-state index in [4.69, 9.17) is 19.5 Å². The van der Waals surface area contributed by atoms with Crippen LogP contribution < -0.4 is 4.84 Å². The number of fused-ring (bicyclic) bond motifs is 1. The summed E-state index contributed by atoms with van der Waals surface area (Å²) in [4.78, 5) is 28.2. The Morgan fingerprint density at radius 3 is 2.64 bits per heavy atom. The summed E-state index contributed by atoms with van der Waals surface area (Å²) in [6, 6.07) is 9.52. The maximum absolute atomic E-state index is 12.3. The average molecular weight is 381 g/mol. The summed E-state index contributed by atoms with van der Waals surface area (Å²) < 4.78 is 5.86. The SMILES string of the molecule is CC(=O)C1C(C)OC(C)CN1Oc1nc(-c2ccccc2)nc2c1CCCC2. The monoisotopic (exact) mass is 381 g/mol. The molecule has 28 heavy (non-hydrogen) atoms. The summed E-state index contributed by atoms with van der Waals surface area (Å²) >= 11 is 0. The lowest BCUT2D eigenvalue weighted by Gasteiger charge is -2.40. The van der Waals surface area contributed by atoms with Crippen molar-refractivity contribution in [3.63, 3.8) is 0 Å². The van der Waals surface area contributed by atoms with Crippen LogP contribution in [0.2, 0.25) is 0 Å². The molecule has 0 amide bonds. The molecule has 0 radical (unpaired) electrons. The van der Waals surface area contributed by atoms with E-state index in [0.29, 0.717) is 18.2 Å². The Morgan fingerprint density at radius 2 is 1.89 bits per heavy atom. The molecule has 2 aromatic rings. The van der Waals surface area contributed by atoms with Gasteiger partial charge in [-0.05, 0) is 46.5 Å². The first-order valence-electron chi connectivity index (χ1n) is 10.1. The Kier molecular flexibility index (Phi) is 5.42. The fourth-order valence-corrected chi connectivity index (χ4v) is 4.17. The van der Waals surface area contributed by atoms with Gasteiger partial charge in [0.15, 0.2) is 11.6 Å². The van der Waals surface area contributed by atoms with Crippen LogP contribution in [0.5, 0.6) is 5.88 Å². The van der Waals surface area contributed by atoms with Gasteiger partial charge in [0.25, 0.3) is 0 Å². The van der Waals surface area contributed by atoms with Crippen molar-refractivity contribution < 1.29 is 14.4 Å². The van der Waals surface area contributed by atoms with Crippen molar-refractivity contribution in [1.29, 1.82) is 0 Å². The van der Waals surface area contributed by atoms with Crippen molar-refractivity contribution in [3.8, 4) is 17.3 Å². The van der Waals surface area contributed by atoms with Crippen LogP contribution in [-0.2, 0) is 22.4 Å². The molecule has 3 atom stereocenters. The van der Waals surface area contributed by atoms with E-state index in [2.05, 4.69) is 0 Å². The van der Waals surface area contributed by atoms with E-state index in [1.807, 2.05) is 44.2 Å². The lowest BCUT2D eigenvalue weighted by Crippen LogP contribution is -2.57. The number of hydrogen-bond acceptors (Lipinski definition) is 6. The number of ketones is 1. The highest BCUT2D eigenvalue weighted by Gasteiger charge is 2.38. The molecule has 0 N–H and O–H groups in total. The van der Waals surface area contributed by atoms with E-state index in [-0.39, 0.29) is 18.0 Å². The van der Waals surface area contributed by atoms with Gasteiger partial charge in [0, 0.05) is 11.1 Å². The van der Waals surface area contributed by atoms with E-state index in [0.717, 1.165) is 42.5 Å². The van der Waals surface area contributed by atoms with Gasteiger partial charge in [0.2, 0.25) is 5.88 Å². The number of aromatic nitrogens is 2. The molecule has 1 aromatic heterocycles. The second kappa shape index (κ2) is 7.97. The molecule has 6 nitrogen and oxygen atoms in total. The van der Waals surface area contributed by atoms with E-state index in [9.17, 15) is 4.79 Å². The summed E-state index contributed by atoms with van der Waals surface area (Å²) in [5.41, 5.74) is 3.09. The fourth-order valence-electron chi connectivity index (χ4n) is 4.17. The van der Waals surface area contributed by atoms with Crippen LogP contribution in [0.4, 0.5) is 0 Å². The molecule has 4 rings (SSSR count). The third-order valence-electron chi connectivity index (χ3n) is 5.44. The second-order valence-corrected chi connectivity index (χ2v) is 7.75. The number of ether oxygens (including phenoxy) is 1. The standard InChI is InChI=1S/C22H27N3O3/c1-14-13-25(20(15(2)26)16(3)27-14)28-22-18-11-7-8-12-19(18)23-21(24-22)17-9-5-4-6-10-17/h4-6,9-10,14,16,20H,7-8,11-13H2,1-3H3. The molecule has 1 aliphatic carbocycles. The highest BCUT2D eigenvalue weighted by molar-refractivity contribution is 5.82. The van der Waals surface area contributed by atoms with Gasteiger partial charge in [0.05, 0.1) is 24.4 Å². The molecule has 2 aliphatic rings. The van der Waals surface area contributed by atoms with E-state index >= 15 is 0 Å². The minimum absolute atomic E-state index is 0.0168. The van der Waals surface area contributed by atoms with Crippen LogP contribution in [0.1, 0.15) is 44.9 Å². The number of aryl methyl sites for hydroxylation is 1. The molecule has 0 bridgehead atoms. The maximum Gasteiger partial charge on any atom is 0.245 e. The van der Waals surface area contributed by atoms with Crippen LogP contribution in [0.25, 0.3) is 11.4 Å². The summed E-state index contributed by atoms with van der Waals surface area (Å²) in [6.07, 6.45) is 3.81. The summed E-state index contributed by atoms with van der Waals surface area (Å²) in [5, 5.41) is 1.76. The number of carbonyl (C=O) groups is 1. The van der Waals surface area contributed by atoms with Crippen LogP contribution in [0, 0.1) is 0 Å². The maximum atomic E-state index is 12.3.